The van der Waals surface area contributed by atoms with Crippen LogP contribution in [0.3, 0.4) is 0 Å². The van der Waals surface area contributed by atoms with E-state index in [2.05, 4.69) is 54.6 Å². The third-order valence-electron chi connectivity index (χ3n) is 20.5. The molecule has 4 aromatic heterocycles. The van der Waals surface area contributed by atoms with Crippen molar-refractivity contribution in [2.45, 2.75) is 52.2 Å². The number of rotatable bonds is 24. The maximum absolute atomic E-state index is 12.4. The number of amides is 4. The molecule has 0 saturated carbocycles. The van der Waals surface area contributed by atoms with Gasteiger partial charge in [0, 0.05) is 85.5 Å². The van der Waals surface area contributed by atoms with E-state index < -0.39 is 55.8 Å². The Labute approximate surface area is 789 Å². The van der Waals surface area contributed by atoms with Gasteiger partial charge in [0.05, 0.1) is 44.3 Å². The first-order valence-corrected chi connectivity index (χ1v) is 44.4. The minimum Gasteiger partial charge on any atom is -0.504 e. The van der Waals surface area contributed by atoms with E-state index in [1.165, 1.54) is 86.5 Å². The predicted molar refractivity (Wildman–Crippen MR) is 522 cm³/mol. The monoisotopic (exact) mass is 1850 g/mol. The molecule has 11 N–H and O–H groups in total. The number of phenolic OH excluding ortho intramolecular Hbond substituents is 2. The van der Waals surface area contributed by atoms with Crippen LogP contribution in [-0.2, 0) is 67.1 Å². The quantitative estimate of drug-likeness (QED) is 0.00880. The fraction of sp³-hybridized carbons (Fsp3) is 0.103. The summed E-state index contributed by atoms with van der Waals surface area (Å²) in [6.45, 7) is 15.2. The summed E-state index contributed by atoms with van der Waals surface area (Å²) in [5.74, 6) is 9.12. The number of phenols is 2. The van der Waals surface area contributed by atoms with Crippen molar-refractivity contribution in [3.63, 3.8) is 0 Å². The second kappa shape index (κ2) is 49.3. The second-order valence-corrected chi connectivity index (χ2v) is 32.5. The van der Waals surface area contributed by atoms with Crippen molar-refractivity contribution < 1.29 is 63.5 Å². The molecule has 0 radical (unpaired) electrons. The lowest BCUT2D eigenvalue weighted by atomic mass is 10.0. The molecular weight excluding hydrogens is 1760 g/mol. The molecule has 0 fully saturated rings. The molecule has 11 aromatic carbocycles. The van der Waals surface area contributed by atoms with Gasteiger partial charge < -0.3 is 66.3 Å². The second-order valence-electron chi connectivity index (χ2n) is 30.1. The summed E-state index contributed by atoms with van der Waals surface area (Å²) in [7, 11) is -3.58. The van der Waals surface area contributed by atoms with Crippen LogP contribution in [0.2, 0.25) is 0 Å². The number of aliphatic hydroxyl groups excluding tert-OH is 1. The highest BCUT2D eigenvalue weighted by atomic mass is 32.2. The molecule has 0 spiro atoms. The van der Waals surface area contributed by atoms with Crippen LogP contribution in [-0.4, -0.2) is 110 Å². The highest BCUT2D eigenvalue weighted by molar-refractivity contribution is 7.88. The average Bonchev–Trinajstić information content (AvgIpc) is 0.828. The fourth-order valence-electron chi connectivity index (χ4n) is 13.1. The van der Waals surface area contributed by atoms with Gasteiger partial charge in [0.25, 0.3) is 28.8 Å². The Balaban J connectivity index is 0.000000164. The number of sulfonamides is 1. The maximum atomic E-state index is 12.4. The zero-order chi connectivity index (χ0) is 96.9. The normalized spacial score (nSPS) is 10.4. The molecule has 682 valence electrons. The van der Waals surface area contributed by atoms with Crippen molar-refractivity contribution in [3.8, 4) is 80.1 Å². The van der Waals surface area contributed by atoms with Gasteiger partial charge in [-0.05, 0) is 159 Å². The molecule has 0 unspecified atom stereocenters. The SMILES string of the molecule is O=C(Cn1cccc(O)c1=O)NCc1ccc(-c2ccccc2)cc1.O=C(NCc1ccc(C#Cc2ccccc2)cc1)c1cccc(=O)n1O.O=C(NCc1ccc(C#Cc2ccccc2)cc1)c1cccc(=S)n1O.[C-]#[N+]c1ccc(-c2ccc(CCN(Cc3cc(=O)c(O)cn3CCO)S(C)(=O)=O)cc2)cc1.[C-]#[N+]c1ccc(-c2ccc(CNC(=O)c3cccc(O)c3O)cc2)cc1. The summed E-state index contributed by atoms with van der Waals surface area (Å²) in [5.41, 5.74) is 14.3. The molecule has 0 aliphatic carbocycles. The van der Waals surface area contributed by atoms with E-state index in [9.17, 15) is 77.9 Å². The lowest BCUT2D eigenvalue weighted by molar-refractivity contribution is -0.121. The van der Waals surface area contributed by atoms with E-state index >= 15 is 0 Å². The lowest BCUT2D eigenvalue weighted by Crippen LogP contribution is -2.33. The van der Waals surface area contributed by atoms with E-state index in [1.54, 1.807) is 36.4 Å². The third-order valence-corrected chi connectivity index (χ3v) is 22.1. The molecule has 4 amide bonds. The van der Waals surface area contributed by atoms with Gasteiger partial charge in [-0.3, -0.25) is 33.6 Å². The zero-order valence-electron chi connectivity index (χ0n) is 73.2. The molecule has 15 rings (SSSR count). The summed E-state index contributed by atoms with van der Waals surface area (Å²) < 4.78 is 29.9. The Morgan fingerprint density at radius 3 is 1.29 bits per heavy atom. The Kier molecular flexibility index (Phi) is 35.9. The van der Waals surface area contributed by atoms with Gasteiger partial charge in [-0.2, -0.15) is 9.04 Å². The molecule has 0 atom stereocenters. The first kappa shape index (κ1) is 98.9. The number of hydrogen-bond donors (Lipinski definition) is 11. The summed E-state index contributed by atoms with van der Waals surface area (Å²) in [4.78, 5) is 90.0. The topological polar surface area (TPSA) is 375 Å². The number of nitrogens with zero attached hydrogens (tertiary/aromatic N) is 7. The Morgan fingerprint density at radius 1 is 0.426 bits per heavy atom. The van der Waals surface area contributed by atoms with E-state index in [0.29, 0.717) is 52.6 Å². The van der Waals surface area contributed by atoms with E-state index in [-0.39, 0.29) is 78.3 Å². The van der Waals surface area contributed by atoms with Crippen LogP contribution >= 0.6 is 12.2 Å². The lowest BCUT2D eigenvalue weighted by Gasteiger charge is -2.22. The third kappa shape index (κ3) is 29.7. The summed E-state index contributed by atoms with van der Waals surface area (Å²) in [6, 6.07) is 99.6. The Morgan fingerprint density at radius 2 is 0.824 bits per heavy atom. The van der Waals surface area contributed by atoms with Gasteiger partial charge in [0.1, 0.15) is 22.6 Å². The molecule has 29 heteroatoms. The molecular formula is C107H91N11O16S2. The summed E-state index contributed by atoms with van der Waals surface area (Å²) in [6.07, 6.45) is 4.25. The number of hydrogen-bond acceptors (Lipinski definition) is 17. The number of aliphatic hydroxyl groups is 1. The largest absolute Gasteiger partial charge is 0.504 e. The van der Waals surface area contributed by atoms with Gasteiger partial charge in [-0.25, -0.2) is 18.1 Å². The number of benzene rings is 11. The van der Waals surface area contributed by atoms with Gasteiger partial charge in [-0.1, -0.05) is 266 Å². The van der Waals surface area contributed by atoms with Crippen molar-refractivity contribution in [1.82, 2.24) is 44.2 Å². The highest BCUT2D eigenvalue weighted by Crippen LogP contribution is 2.30. The molecule has 136 heavy (non-hydrogen) atoms. The summed E-state index contributed by atoms with van der Waals surface area (Å²) in [5, 5.41) is 77.8. The van der Waals surface area contributed by atoms with Crippen LogP contribution in [0.4, 0.5) is 11.4 Å². The van der Waals surface area contributed by atoms with Crippen LogP contribution in [0.25, 0.3) is 43.1 Å². The number of carbonyl (C=O) groups is 4. The number of aromatic nitrogens is 4. The van der Waals surface area contributed by atoms with Crippen LogP contribution in [0.5, 0.6) is 23.0 Å². The van der Waals surface area contributed by atoms with Crippen molar-refractivity contribution >= 4 is 57.2 Å². The zero-order valence-corrected chi connectivity index (χ0v) is 74.9. The number of para-hydroxylation sites is 1. The number of aromatic hydroxyl groups is 4. The van der Waals surface area contributed by atoms with Crippen molar-refractivity contribution in [3.05, 3.63) is 477 Å². The molecule has 4 heterocycles. The van der Waals surface area contributed by atoms with Gasteiger partial charge in [0.2, 0.25) is 21.4 Å². The molecule has 0 aliphatic heterocycles. The fourth-order valence-corrected chi connectivity index (χ4v) is 14.0. The first-order chi connectivity index (χ1) is 65.7. The standard InChI is InChI=1S/C24H25N3O5S.2C21H16N2O3.C21H16N2O2S.C20H18N2O3/c1-25-21-9-7-20(8-10-21)19-5-3-18(4-6-19)11-12-27(33(2,31)32)16-22-15-23(29)24(30)17-26(22)13-14-28;1-22-17-11-9-16(10-12-17)15-7-5-14(6-8-15)13-23-21(26)18-3-2-4-19(24)20(18)25;24-20-8-4-7-19(23(20)26)21(25)22-15-18-13-11-17(12-14-18)10-9-16-5-2-1-3-6-16;24-21(19-7-4-8-20(26)23(19)25)22-15-18-13-11-17(12-14-18)10-9-16-5-2-1-3-6-16;23-18-7-4-12-22(20(18)25)14-19(24)21-13-15-8-10-17(11-9-15)16-5-2-1-3-6-16/h3-10,15,17,28,30H,11-14,16H2,2H3;2-12,24-25H,13H2,(H,23,26);1-8,11-14,26H,15H2,(H,22,25);1-8,11-14,25H,15H2,(H,22,24);1-12,23H,13-14H2,(H,21,24). The smallest absolute Gasteiger partial charge is 0.293 e. The van der Waals surface area contributed by atoms with Crippen LogP contribution < -0.4 is 37.8 Å². The summed E-state index contributed by atoms with van der Waals surface area (Å²) >= 11 is 4.93. The van der Waals surface area contributed by atoms with Gasteiger partial charge >= 0.3 is 0 Å². The van der Waals surface area contributed by atoms with Crippen molar-refractivity contribution in [2.24, 2.45) is 0 Å². The molecule has 0 saturated heterocycles. The minimum absolute atomic E-state index is 0.0292. The van der Waals surface area contributed by atoms with Crippen molar-refractivity contribution in [2.75, 3.05) is 19.4 Å². The number of pyridine rings is 4. The molecule has 0 aliphatic rings. The van der Waals surface area contributed by atoms with E-state index in [4.69, 9.17) is 25.4 Å². The average molecular weight is 1850 g/mol. The molecule has 15 aromatic rings. The van der Waals surface area contributed by atoms with E-state index in [1.807, 2.05) is 237 Å². The first-order valence-electron chi connectivity index (χ1n) is 42.1. The highest BCUT2D eigenvalue weighted by Gasteiger charge is 2.21. The minimum atomic E-state index is -3.58. The van der Waals surface area contributed by atoms with Gasteiger partial charge in [-0.15, -0.1) is 4.73 Å². The molecule has 27 nitrogen and oxygen atoms in total. The number of carbonyl (C=O) groups excluding carboxylic acids is 4. The van der Waals surface area contributed by atoms with Crippen molar-refractivity contribution in [1.29, 1.82) is 0 Å². The maximum Gasteiger partial charge on any atom is 0.293 e. The number of nitrogens with one attached hydrogen (secondary N) is 4. The van der Waals surface area contributed by atoms with Crippen LogP contribution in [0, 0.1) is 41.5 Å². The Bertz CT molecular complexity index is 7110. The predicted octanol–water partition coefficient (Wildman–Crippen LogP) is 15.8. The molecule has 0 bridgehead atoms. The Hall–Kier alpha value is -17.7. The van der Waals surface area contributed by atoms with Crippen LogP contribution in [0.1, 0.15) is 87.1 Å². The van der Waals surface area contributed by atoms with E-state index in [0.717, 1.165) is 89.7 Å². The van der Waals surface area contributed by atoms with Crippen LogP contribution in [0.15, 0.2) is 360 Å². The van der Waals surface area contributed by atoms with Gasteiger partial charge in [0.15, 0.2) is 34.4 Å².